The number of methoxy groups -OCH3 is 1. The van der Waals surface area contributed by atoms with Crippen molar-refractivity contribution < 1.29 is 44.0 Å². The van der Waals surface area contributed by atoms with Gasteiger partial charge in [0, 0.05) is 0 Å². The van der Waals surface area contributed by atoms with Gasteiger partial charge in [-0.15, -0.1) is 0 Å². The third-order valence-electron chi connectivity index (χ3n) is 5.53. The number of ether oxygens (including phenoxy) is 2. The minimum absolute atomic E-state index is 0.0859. The summed E-state index contributed by atoms with van der Waals surface area (Å²) in [6, 6.07) is -1.15. The van der Waals surface area contributed by atoms with Gasteiger partial charge in [0.15, 0.2) is 12.3 Å². The maximum atomic E-state index is 13.3. The monoisotopic (exact) mass is 416 g/mol. The number of carbonyl (C=O) groups excluding carboxylic acids is 4. The van der Waals surface area contributed by atoms with Gasteiger partial charge in [-0.05, 0) is 25.2 Å². The Morgan fingerprint density at radius 2 is 1.83 bits per heavy atom. The fourth-order valence-corrected chi connectivity index (χ4v) is 3.56. The SMILES string of the molecule is CCC1(CCC(C)C)C(=O)NC(=O)N([C@@H]2O[C@H](C(=O)OC)[C@@H](O)[C@H](O)[C@H]2O)C1=O. The number of rotatable bonds is 6. The quantitative estimate of drug-likeness (QED) is 0.310. The van der Waals surface area contributed by atoms with Gasteiger partial charge in [0.25, 0.3) is 0 Å². The molecule has 11 nitrogen and oxygen atoms in total. The van der Waals surface area contributed by atoms with Gasteiger partial charge in [-0.2, -0.15) is 0 Å². The molecule has 29 heavy (non-hydrogen) atoms. The van der Waals surface area contributed by atoms with E-state index in [9.17, 15) is 34.5 Å². The molecule has 11 heteroatoms. The number of barbiturate groups is 1. The molecule has 2 fully saturated rings. The van der Waals surface area contributed by atoms with Gasteiger partial charge in [-0.3, -0.25) is 14.9 Å². The molecule has 0 saturated carbocycles. The molecule has 2 saturated heterocycles. The standard InChI is InChI=1S/C18H28N2O9/c1-5-18(7-6-8(2)3)15(25)19-17(27)20(16(18)26)13-11(23)9(21)10(22)12(29-13)14(24)28-4/h8-13,21-23H,5-7H2,1-4H3,(H,19,25,27)/t9-,10-,11+,12-,13+,18?/m0/s1. The van der Waals surface area contributed by atoms with Crippen LogP contribution in [0.2, 0.25) is 0 Å². The molecule has 2 aliphatic heterocycles. The summed E-state index contributed by atoms with van der Waals surface area (Å²) >= 11 is 0. The van der Waals surface area contributed by atoms with Crippen LogP contribution in [0.1, 0.15) is 40.0 Å². The van der Waals surface area contributed by atoms with E-state index in [4.69, 9.17) is 4.74 Å². The number of nitrogens with one attached hydrogen (secondary N) is 1. The zero-order chi connectivity index (χ0) is 22.1. The summed E-state index contributed by atoms with van der Waals surface area (Å²) in [7, 11) is 1.02. The minimum Gasteiger partial charge on any atom is -0.467 e. The van der Waals surface area contributed by atoms with Crippen molar-refractivity contribution in [2.24, 2.45) is 11.3 Å². The molecule has 0 aromatic heterocycles. The first-order valence-electron chi connectivity index (χ1n) is 9.48. The van der Waals surface area contributed by atoms with E-state index in [1.165, 1.54) is 0 Å². The highest BCUT2D eigenvalue weighted by atomic mass is 16.6. The molecule has 2 aliphatic rings. The number of imide groups is 2. The summed E-state index contributed by atoms with van der Waals surface area (Å²) in [5, 5.41) is 32.6. The number of urea groups is 1. The molecular weight excluding hydrogens is 388 g/mol. The molecule has 0 radical (unpaired) electrons. The number of hydrogen-bond donors (Lipinski definition) is 4. The summed E-state index contributed by atoms with van der Waals surface area (Å²) in [5.41, 5.74) is -1.57. The number of aliphatic hydroxyl groups is 3. The summed E-state index contributed by atoms with van der Waals surface area (Å²) in [4.78, 5) is 50.7. The maximum Gasteiger partial charge on any atom is 0.337 e. The van der Waals surface area contributed by atoms with Crippen LogP contribution in [0.25, 0.3) is 0 Å². The van der Waals surface area contributed by atoms with Crippen LogP contribution in [-0.4, -0.2) is 81.8 Å². The van der Waals surface area contributed by atoms with Crippen LogP contribution < -0.4 is 5.32 Å². The number of amides is 4. The maximum absolute atomic E-state index is 13.3. The molecule has 0 spiro atoms. The van der Waals surface area contributed by atoms with Crippen LogP contribution in [0, 0.1) is 11.3 Å². The average molecular weight is 416 g/mol. The lowest BCUT2D eigenvalue weighted by Gasteiger charge is -2.47. The largest absolute Gasteiger partial charge is 0.467 e. The fraction of sp³-hybridized carbons (Fsp3) is 0.778. The number of carbonyl (C=O) groups is 4. The van der Waals surface area contributed by atoms with Crippen molar-refractivity contribution in [2.75, 3.05) is 7.11 Å². The highest BCUT2D eigenvalue weighted by molar-refractivity contribution is 6.19. The lowest BCUT2D eigenvalue weighted by molar-refractivity contribution is -0.254. The first-order valence-corrected chi connectivity index (χ1v) is 9.48. The molecule has 0 bridgehead atoms. The van der Waals surface area contributed by atoms with Crippen molar-refractivity contribution in [3.8, 4) is 0 Å². The van der Waals surface area contributed by atoms with Crippen LogP contribution in [0.3, 0.4) is 0 Å². The number of nitrogens with zero attached hydrogens (tertiary/aromatic N) is 1. The Kier molecular flexibility index (Phi) is 6.99. The fourth-order valence-electron chi connectivity index (χ4n) is 3.56. The number of esters is 1. The highest BCUT2D eigenvalue weighted by Crippen LogP contribution is 2.37. The van der Waals surface area contributed by atoms with E-state index in [0.29, 0.717) is 11.3 Å². The highest BCUT2D eigenvalue weighted by Gasteiger charge is 2.58. The van der Waals surface area contributed by atoms with Gasteiger partial charge < -0.3 is 24.8 Å². The lowest BCUT2D eigenvalue weighted by atomic mass is 9.75. The van der Waals surface area contributed by atoms with Crippen molar-refractivity contribution in [1.29, 1.82) is 0 Å². The summed E-state index contributed by atoms with van der Waals surface area (Å²) < 4.78 is 9.81. The van der Waals surface area contributed by atoms with Gasteiger partial charge in [-0.1, -0.05) is 20.8 Å². The molecule has 6 atom stereocenters. The summed E-state index contributed by atoms with van der Waals surface area (Å²) in [6.45, 7) is 5.47. The van der Waals surface area contributed by atoms with E-state index < -0.39 is 59.9 Å². The molecule has 164 valence electrons. The molecule has 4 amide bonds. The number of aliphatic hydroxyl groups excluding tert-OH is 3. The molecule has 0 aromatic rings. The van der Waals surface area contributed by atoms with Crippen molar-refractivity contribution in [2.45, 2.75) is 70.7 Å². The second kappa shape index (κ2) is 8.74. The van der Waals surface area contributed by atoms with Gasteiger partial charge in [-0.25, -0.2) is 14.5 Å². The van der Waals surface area contributed by atoms with Crippen molar-refractivity contribution in [1.82, 2.24) is 10.2 Å². The van der Waals surface area contributed by atoms with Gasteiger partial charge in [0.2, 0.25) is 11.8 Å². The Labute approximate surface area is 167 Å². The van der Waals surface area contributed by atoms with Crippen LogP contribution >= 0.6 is 0 Å². The van der Waals surface area contributed by atoms with Crippen LogP contribution in [-0.2, 0) is 23.9 Å². The average Bonchev–Trinajstić information content (AvgIpc) is 2.67. The first kappa shape index (κ1) is 23.2. The van der Waals surface area contributed by atoms with Crippen molar-refractivity contribution >= 4 is 23.8 Å². The van der Waals surface area contributed by atoms with Gasteiger partial charge in [0.05, 0.1) is 7.11 Å². The Balaban J connectivity index is 2.42. The number of hydrogen-bond acceptors (Lipinski definition) is 9. The summed E-state index contributed by atoms with van der Waals surface area (Å²) in [6.07, 6.45) is -8.43. The third-order valence-corrected chi connectivity index (χ3v) is 5.53. The zero-order valence-electron chi connectivity index (χ0n) is 16.8. The second-order valence-corrected chi connectivity index (χ2v) is 7.74. The summed E-state index contributed by atoms with van der Waals surface area (Å²) in [5.74, 6) is -2.52. The van der Waals surface area contributed by atoms with Crippen LogP contribution in [0.4, 0.5) is 4.79 Å². The first-order chi connectivity index (χ1) is 13.5. The van der Waals surface area contributed by atoms with E-state index in [-0.39, 0.29) is 18.8 Å². The zero-order valence-corrected chi connectivity index (χ0v) is 16.8. The van der Waals surface area contributed by atoms with E-state index in [1.807, 2.05) is 13.8 Å². The molecule has 4 N–H and O–H groups in total. The minimum atomic E-state index is -1.91. The van der Waals surface area contributed by atoms with Gasteiger partial charge >= 0.3 is 12.0 Å². The Hall–Kier alpha value is -2.08. The van der Waals surface area contributed by atoms with Crippen molar-refractivity contribution in [3.63, 3.8) is 0 Å². The van der Waals surface area contributed by atoms with E-state index in [1.54, 1.807) is 6.92 Å². The Bertz CT molecular complexity index is 682. The lowest BCUT2D eigenvalue weighted by Crippen LogP contribution is -2.72. The molecule has 0 aromatic carbocycles. The molecule has 2 heterocycles. The molecule has 1 unspecified atom stereocenters. The Morgan fingerprint density at radius 3 is 2.34 bits per heavy atom. The molecule has 2 rings (SSSR count). The van der Waals surface area contributed by atoms with Gasteiger partial charge in [0.1, 0.15) is 23.7 Å². The smallest absolute Gasteiger partial charge is 0.337 e. The van der Waals surface area contributed by atoms with Crippen molar-refractivity contribution in [3.05, 3.63) is 0 Å². The predicted molar refractivity (Wildman–Crippen MR) is 95.9 cm³/mol. The second-order valence-electron chi connectivity index (χ2n) is 7.74. The molecule has 0 aliphatic carbocycles. The van der Waals surface area contributed by atoms with Crippen LogP contribution in [0.15, 0.2) is 0 Å². The Morgan fingerprint density at radius 1 is 1.21 bits per heavy atom. The van der Waals surface area contributed by atoms with E-state index in [2.05, 4.69) is 10.1 Å². The predicted octanol–water partition coefficient (Wildman–Crippen LogP) is -1.12. The molecular formula is C18H28N2O9. The normalized spacial score (nSPS) is 35.7. The third kappa shape index (κ3) is 4.00. The van der Waals surface area contributed by atoms with E-state index in [0.717, 1.165) is 7.11 Å². The van der Waals surface area contributed by atoms with Crippen LogP contribution in [0.5, 0.6) is 0 Å². The topological polar surface area (TPSA) is 163 Å². The van der Waals surface area contributed by atoms with E-state index >= 15 is 0 Å².